The Kier molecular flexibility index (Phi) is 5.71. The van der Waals surface area contributed by atoms with Crippen LogP contribution in [0, 0.1) is 0 Å². The fourth-order valence-corrected chi connectivity index (χ4v) is 1.84. The first-order valence-electron chi connectivity index (χ1n) is 5.30. The van der Waals surface area contributed by atoms with E-state index >= 15 is 0 Å². The van der Waals surface area contributed by atoms with Crippen LogP contribution in [0.1, 0.15) is 25.3 Å². The molecule has 1 rings (SSSR count). The van der Waals surface area contributed by atoms with Crippen LogP contribution in [0.25, 0.3) is 0 Å². The molecule has 16 heavy (non-hydrogen) atoms. The van der Waals surface area contributed by atoms with Crippen LogP contribution in [0.15, 0.2) is 30.3 Å². The molecule has 0 aliphatic heterocycles. The summed E-state index contributed by atoms with van der Waals surface area (Å²) in [7, 11) is -3.89. The minimum atomic E-state index is -3.89. The number of rotatable bonds is 7. The minimum absolute atomic E-state index is 0.0841. The van der Waals surface area contributed by atoms with Crippen molar-refractivity contribution in [2.24, 2.45) is 0 Å². The summed E-state index contributed by atoms with van der Waals surface area (Å²) in [6.45, 7) is 2.32. The molecule has 4 nitrogen and oxygen atoms in total. The van der Waals surface area contributed by atoms with Crippen molar-refractivity contribution in [3.8, 4) is 0 Å². The smallest absolute Gasteiger partial charge is 0.302 e. The molecule has 1 N–H and O–H groups in total. The highest BCUT2D eigenvalue weighted by atomic mass is 31.2. The Morgan fingerprint density at radius 1 is 1.25 bits per heavy atom. The highest BCUT2D eigenvalue weighted by Crippen LogP contribution is 2.44. The molecule has 0 fully saturated rings. The minimum Gasteiger partial charge on any atom is -0.302 e. The van der Waals surface area contributed by atoms with Gasteiger partial charge in [0.25, 0.3) is 0 Å². The first-order chi connectivity index (χ1) is 7.64. The summed E-state index contributed by atoms with van der Waals surface area (Å²) in [5, 5.41) is 0. The zero-order valence-electron chi connectivity index (χ0n) is 9.33. The van der Waals surface area contributed by atoms with Crippen molar-refractivity contribution in [1.29, 1.82) is 0 Å². The third-order valence-corrected chi connectivity index (χ3v) is 2.95. The summed E-state index contributed by atoms with van der Waals surface area (Å²) in [5.74, 6) is 0. The Bertz CT molecular complexity index is 339. The van der Waals surface area contributed by atoms with Crippen molar-refractivity contribution in [2.45, 2.75) is 26.4 Å². The van der Waals surface area contributed by atoms with Crippen molar-refractivity contribution in [3.63, 3.8) is 0 Å². The lowest BCUT2D eigenvalue weighted by atomic mass is 10.2. The third kappa shape index (κ3) is 5.42. The fraction of sp³-hybridized carbons (Fsp3) is 0.455. The van der Waals surface area contributed by atoms with Gasteiger partial charge in [0.05, 0.1) is 13.2 Å². The zero-order chi connectivity index (χ0) is 11.9. The Hall–Kier alpha value is -0.670. The van der Waals surface area contributed by atoms with Gasteiger partial charge in [-0.15, -0.1) is 0 Å². The number of hydrogen-bond donors (Lipinski definition) is 1. The average Bonchev–Trinajstić information content (AvgIpc) is 2.28. The molecule has 0 saturated heterocycles. The van der Waals surface area contributed by atoms with Crippen LogP contribution < -0.4 is 0 Å². The predicted octanol–water partition coefficient (Wildman–Crippen LogP) is 3.12. The number of benzene rings is 1. The summed E-state index contributed by atoms with van der Waals surface area (Å²) in [6.07, 6.45) is 1.66. The maximum atomic E-state index is 11.4. The molecule has 1 aromatic rings. The summed E-state index contributed by atoms with van der Waals surface area (Å²) in [5.41, 5.74) is 0.843. The van der Waals surface area contributed by atoms with E-state index in [9.17, 15) is 9.46 Å². The quantitative estimate of drug-likeness (QED) is 0.591. The van der Waals surface area contributed by atoms with Crippen molar-refractivity contribution in [3.05, 3.63) is 35.9 Å². The summed E-state index contributed by atoms with van der Waals surface area (Å²) < 4.78 is 21.0. The first kappa shape index (κ1) is 13.4. The normalized spacial score (nSPS) is 14.6. The van der Waals surface area contributed by atoms with E-state index in [0.717, 1.165) is 18.4 Å². The van der Waals surface area contributed by atoms with E-state index in [0.29, 0.717) is 0 Å². The summed E-state index contributed by atoms with van der Waals surface area (Å²) >= 11 is 0. The largest absolute Gasteiger partial charge is 0.472 e. The molecule has 0 heterocycles. The maximum absolute atomic E-state index is 11.4. The van der Waals surface area contributed by atoms with Gasteiger partial charge >= 0.3 is 7.82 Å². The molecule has 0 aromatic heterocycles. The number of phosphoric acid groups is 1. The lowest BCUT2D eigenvalue weighted by molar-refractivity contribution is 0.142. The molecule has 5 heteroatoms. The van der Waals surface area contributed by atoms with E-state index in [-0.39, 0.29) is 13.2 Å². The van der Waals surface area contributed by atoms with E-state index in [1.807, 2.05) is 37.3 Å². The molecule has 0 amide bonds. The third-order valence-electron chi connectivity index (χ3n) is 1.99. The molecule has 0 bridgehead atoms. The molecule has 0 aliphatic rings. The van der Waals surface area contributed by atoms with Gasteiger partial charge in [-0.05, 0) is 12.0 Å². The lowest BCUT2D eigenvalue weighted by Crippen LogP contribution is -1.97. The van der Waals surface area contributed by atoms with E-state index in [1.165, 1.54) is 0 Å². The predicted molar refractivity (Wildman–Crippen MR) is 61.9 cm³/mol. The van der Waals surface area contributed by atoms with Gasteiger partial charge in [-0.25, -0.2) is 4.57 Å². The molecular weight excluding hydrogens is 227 g/mol. The van der Waals surface area contributed by atoms with Crippen LogP contribution in [-0.4, -0.2) is 11.5 Å². The van der Waals surface area contributed by atoms with Crippen LogP contribution >= 0.6 is 7.82 Å². The molecule has 0 radical (unpaired) electrons. The van der Waals surface area contributed by atoms with Crippen molar-refractivity contribution in [1.82, 2.24) is 0 Å². The SMILES string of the molecule is CCCCOP(=O)(O)OCc1ccccc1. The standard InChI is InChI=1S/C11H17O4P/c1-2-3-9-14-16(12,13)15-10-11-7-5-4-6-8-11/h4-8H,2-3,9-10H2,1H3,(H,12,13). The summed E-state index contributed by atoms with van der Waals surface area (Å²) in [6, 6.07) is 9.22. The maximum Gasteiger partial charge on any atom is 0.472 e. The molecule has 0 aliphatic carbocycles. The van der Waals surface area contributed by atoms with Crippen LogP contribution in [0.4, 0.5) is 0 Å². The molecular formula is C11H17O4P. The topological polar surface area (TPSA) is 55.8 Å². The molecule has 1 aromatic carbocycles. The van der Waals surface area contributed by atoms with Gasteiger partial charge < -0.3 is 4.89 Å². The van der Waals surface area contributed by atoms with Gasteiger partial charge in [0.1, 0.15) is 0 Å². The monoisotopic (exact) mass is 244 g/mol. The molecule has 1 unspecified atom stereocenters. The molecule has 0 saturated carbocycles. The van der Waals surface area contributed by atoms with Crippen LogP contribution in [-0.2, 0) is 20.2 Å². The van der Waals surface area contributed by atoms with E-state index in [1.54, 1.807) is 0 Å². The van der Waals surface area contributed by atoms with Gasteiger partial charge in [-0.2, -0.15) is 0 Å². The number of hydrogen-bond acceptors (Lipinski definition) is 3. The fourth-order valence-electron chi connectivity index (χ4n) is 1.09. The molecule has 1 atom stereocenters. The Balaban J connectivity index is 2.33. The van der Waals surface area contributed by atoms with Gasteiger partial charge in [0, 0.05) is 0 Å². The Morgan fingerprint density at radius 2 is 1.94 bits per heavy atom. The van der Waals surface area contributed by atoms with Crippen molar-refractivity contribution in [2.75, 3.05) is 6.61 Å². The van der Waals surface area contributed by atoms with Crippen molar-refractivity contribution < 1.29 is 18.5 Å². The van der Waals surface area contributed by atoms with Gasteiger partial charge in [-0.1, -0.05) is 43.7 Å². The lowest BCUT2D eigenvalue weighted by Gasteiger charge is -2.11. The number of unbranched alkanes of at least 4 members (excludes halogenated alkanes) is 1. The Morgan fingerprint density at radius 3 is 2.56 bits per heavy atom. The van der Waals surface area contributed by atoms with Gasteiger partial charge in [0.2, 0.25) is 0 Å². The molecule has 90 valence electrons. The average molecular weight is 244 g/mol. The zero-order valence-corrected chi connectivity index (χ0v) is 10.2. The van der Waals surface area contributed by atoms with E-state index < -0.39 is 7.82 Å². The second-order valence-corrected chi connectivity index (χ2v) is 4.87. The molecule has 0 spiro atoms. The van der Waals surface area contributed by atoms with Gasteiger partial charge in [-0.3, -0.25) is 9.05 Å². The van der Waals surface area contributed by atoms with Gasteiger partial charge in [0.15, 0.2) is 0 Å². The summed E-state index contributed by atoms with van der Waals surface area (Å²) in [4.78, 5) is 9.31. The highest BCUT2D eigenvalue weighted by Gasteiger charge is 2.20. The second-order valence-electron chi connectivity index (χ2n) is 3.41. The highest BCUT2D eigenvalue weighted by molar-refractivity contribution is 7.47. The first-order valence-corrected chi connectivity index (χ1v) is 6.79. The van der Waals surface area contributed by atoms with E-state index in [4.69, 9.17) is 9.05 Å². The van der Waals surface area contributed by atoms with Crippen LogP contribution in [0.5, 0.6) is 0 Å². The Labute approximate surface area is 95.8 Å². The second kappa shape index (κ2) is 6.81. The van der Waals surface area contributed by atoms with Crippen LogP contribution in [0.2, 0.25) is 0 Å². The number of phosphoric ester groups is 1. The van der Waals surface area contributed by atoms with Crippen molar-refractivity contribution >= 4 is 7.82 Å². The van der Waals surface area contributed by atoms with Crippen LogP contribution in [0.3, 0.4) is 0 Å². The van der Waals surface area contributed by atoms with E-state index in [2.05, 4.69) is 0 Å².